The summed E-state index contributed by atoms with van der Waals surface area (Å²) in [6, 6.07) is 2.71. The predicted molar refractivity (Wildman–Crippen MR) is 65.5 cm³/mol. The molecule has 0 aromatic heterocycles. The first-order chi connectivity index (χ1) is 6.68. The van der Waals surface area contributed by atoms with Gasteiger partial charge in [0.15, 0.2) is 0 Å². The summed E-state index contributed by atoms with van der Waals surface area (Å²) in [5.74, 6) is 0. The van der Waals surface area contributed by atoms with Crippen molar-refractivity contribution >= 4 is 16.6 Å². The fraction of sp³-hybridized carbons (Fsp3) is 1.00. The van der Waals surface area contributed by atoms with Crippen LogP contribution in [0, 0.1) is 0 Å². The molecule has 0 rings (SSSR count). The van der Waals surface area contributed by atoms with Crippen LogP contribution >= 0.6 is 0 Å². The minimum atomic E-state index is -0.992. The number of aliphatic hydroxyl groups excluding tert-OH is 2. The second-order valence-corrected chi connectivity index (χ2v) is 13.9. The van der Waals surface area contributed by atoms with Crippen molar-refractivity contribution < 1.29 is 10.2 Å². The highest BCUT2D eigenvalue weighted by Crippen LogP contribution is 2.20. The van der Waals surface area contributed by atoms with Crippen molar-refractivity contribution in [2.45, 2.75) is 50.9 Å². The van der Waals surface area contributed by atoms with Crippen LogP contribution in [0.15, 0.2) is 0 Å². The first-order valence-corrected chi connectivity index (χ1v) is 11.0. The third-order valence-electron chi connectivity index (χ3n) is 2.88. The first kappa shape index (κ1) is 14.4. The number of hydrogen-bond donors (Lipinski definition) is 2. The second kappa shape index (κ2) is 8.65. The van der Waals surface area contributed by atoms with Gasteiger partial charge in [0.1, 0.15) is 0 Å². The minimum absolute atomic E-state index is 0.341. The highest BCUT2D eigenvalue weighted by atomic mass is 29.2. The molecule has 0 unspecified atom stereocenters. The van der Waals surface area contributed by atoms with E-state index in [1.807, 2.05) is 0 Å². The van der Waals surface area contributed by atoms with Crippen LogP contribution < -0.4 is 0 Å². The largest absolute Gasteiger partial charge is 0.396 e. The van der Waals surface area contributed by atoms with E-state index in [2.05, 4.69) is 13.1 Å². The van der Waals surface area contributed by atoms with Gasteiger partial charge in [-0.3, -0.25) is 0 Å². The van der Waals surface area contributed by atoms with Crippen molar-refractivity contribution in [2.75, 3.05) is 13.2 Å². The Hall–Kier alpha value is 0.354. The molecule has 2 radical (unpaired) electrons. The molecule has 0 fully saturated rings. The maximum atomic E-state index is 8.73. The minimum Gasteiger partial charge on any atom is -0.396 e. The summed E-state index contributed by atoms with van der Waals surface area (Å²) < 4.78 is 0. The molecule has 14 heavy (non-hydrogen) atoms. The average molecular weight is 232 g/mol. The Balaban J connectivity index is 3.67. The summed E-state index contributed by atoms with van der Waals surface area (Å²) in [4.78, 5) is 0. The standard InChI is InChI=1S/C10H24O2Si2/c1-13-14(2,9-5-3-7-11)10-6-4-8-12/h11-12H,3-10H2,1-2H3. The van der Waals surface area contributed by atoms with Crippen molar-refractivity contribution in [1.82, 2.24) is 0 Å². The molecule has 2 nitrogen and oxygen atoms in total. The van der Waals surface area contributed by atoms with Crippen LogP contribution in [0.5, 0.6) is 0 Å². The van der Waals surface area contributed by atoms with Gasteiger partial charge in [-0.2, -0.15) is 0 Å². The molecule has 0 atom stereocenters. The lowest BCUT2D eigenvalue weighted by molar-refractivity contribution is 0.286. The smallest absolute Gasteiger partial charge is 0.0430 e. The first-order valence-electron chi connectivity index (χ1n) is 5.59. The Morgan fingerprint density at radius 1 is 0.929 bits per heavy atom. The van der Waals surface area contributed by atoms with Crippen molar-refractivity contribution in [3.63, 3.8) is 0 Å². The van der Waals surface area contributed by atoms with Crippen LogP contribution in [0.2, 0.25) is 25.2 Å². The van der Waals surface area contributed by atoms with Gasteiger partial charge in [0.2, 0.25) is 0 Å². The summed E-state index contributed by atoms with van der Waals surface area (Å²) in [6.07, 6.45) is 4.32. The van der Waals surface area contributed by atoms with Gasteiger partial charge in [-0.25, -0.2) is 0 Å². The van der Waals surface area contributed by atoms with Gasteiger partial charge in [-0.05, 0) is 12.8 Å². The zero-order chi connectivity index (χ0) is 10.9. The molecule has 0 bridgehead atoms. The second-order valence-electron chi connectivity index (χ2n) is 4.17. The van der Waals surface area contributed by atoms with Gasteiger partial charge < -0.3 is 10.2 Å². The lowest BCUT2D eigenvalue weighted by atomic mass is 10.4. The lowest BCUT2D eigenvalue weighted by Gasteiger charge is -2.25. The van der Waals surface area contributed by atoms with Gasteiger partial charge in [-0.1, -0.05) is 38.0 Å². The molecule has 0 aromatic rings. The Labute approximate surface area is 91.4 Å². The monoisotopic (exact) mass is 232 g/mol. The molecule has 0 aromatic carbocycles. The summed E-state index contributed by atoms with van der Waals surface area (Å²) in [5, 5.41) is 17.5. The van der Waals surface area contributed by atoms with Gasteiger partial charge in [0.05, 0.1) is 0 Å². The third-order valence-corrected chi connectivity index (χ3v) is 12.1. The zero-order valence-corrected chi connectivity index (χ0v) is 11.6. The van der Waals surface area contributed by atoms with Crippen molar-refractivity contribution in [1.29, 1.82) is 0 Å². The van der Waals surface area contributed by atoms with E-state index in [1.165, 1.54) is 24.9 Å². The van der Waals surface area contributed by atoms with Crippen molar-refractivity contribution in [3.8, 4) is 0 Å². The quantitative estimate of drug-likeness (QED) is 0.470. The molecule has 0 saturated carbocycles. The van der Waals surface area contributed by atoms with Crippen LogP contribution in [0.4, 0.5) is 0 Å². The molecule has 0 amide bonds. The van der Waals surface area contributed by atoms with E-state index < -0.39 is 7.59 Å². The molecule has 0 aliphatic carbocycles. The Morgan fingerprint density at radius 2 is 1.36 bits per heavy atom. The number of aliphatic hydroxyl groups is 2. The molecule has 0 aliphatic heterocycles. The summed E-state index contributed by atoms with van der Waals surface area (Å²) in [5.41, 5.74) is 0. The van der Waals surface area contributed by atoms with E-state index in [0.717, 1.165) is 21.9 Å². The van der Waals surface area contributed by atoms with Gasteiger partial charge in [0.25, 0.3) is 0 Å². The molecule has 0 saturated heterocycles. The summed E-state index contributed by atoms with van der Waals surface area (Å²) in [6.45, 7) is 5.48. The summed E-state index contributed by atoms with van der Waals surface area (Å²) >= 11 is 0. The topological polar surface area (TPSA) is 40.5 Å². The maximum Gasteiger partial charge on any atom is 0.0430 e. The third kappa shape index (κ3) is 6.76. The SMILES string of the molecule is C[Si][Si](C)(CCCCO)CCCCO. The van der Waals surface area contributed by atoms with E-state index in [4.69, 9.17) is 10.2 Å². The Kier molecular flexibility index (Phi) is 8.86. The van der Waals surface area contributed by atoms with E-state index in [9.17, 15) is 0 Å². The molecule has 2 N–H and O–H groups in total. The molecular weight excluding hydrogens is 208 g/mol. The number of rotatable bonds is 9. The molecule has 0 heterocycles. The fourth-order valence-corrected chi connectivity index (χ4v) is 7.00. The van der Waals surface area contributed by atoms with Crippen LogP contribution in [0.1, 0.15) is 25.7 Å². The normalized spacial score (nSPS) is 12.0. The van der Waals surface area contributed by atoms with Crippen LogP contribution in [-0.4, -0.2) is 40.1 Å². The molecule has 4 heteroatoms. The highest BCUT2D eigenvalue weighted by Gasteiger charge is 2.23. The molecule has 0 spiro atoms. The van der Waals surface area contributed by atoms with E-state index in [-0.39, 0.29) is 0 Å². The maximum absolute atomic E-state index is 8.73. The molecule has 0 aliphatic rings. The zero-order valence-electron chi connectivity index (χ0n) is 9.55. The van der Waals surface area contributed by atoms with Crippen molar-refractivity contribution in [3.05, 3.63) is 0 Å². The fourth-order valence-electron chi connectivity index (χ4n) is 1.63. The van der Waals surface area contributed by atoms with Crippen LogP contribution in [0.3, 0.4) is 0 Å². The predicted octanol–water partition coefficient (Wildman–Crippen LogP) is 1.86. The summed E-state index contributed by atoms with van der Waals surface area (Å²) in [7, 11) is 0.108. The van der Waals surface area contributed by atoms with E-state index in [0.29, 0.717) is 13.2 Å². The van der Waals surface area contributed by atoms with Crippen LogP contribution in [-0.2, 0) is 0 Å². The van der Waals surface area contributed by atoms with E-state index in [1.54, 1.807) is 0 Å². The molecular formula is C10H24O2Si2. The van der Waals surface area contributed by atoms with Gasteiger partial charge in [0, 0.05) is 29.8 Å². The van der Waals surface area contributed by atoms with Gasteiger partial charge in [-0.15, -0.1) is 0 Å². The number of unbranched alkanes of at least 4 members (excludes halogenated alkanes) is 2. The van der Waals surface area contributed by atoms with Crippen LogP contribution in [0.25, 0.3) is 0 Å². The average Bonchev–Trinajstić information content (AvgIpc) is 2.19. The Bertz CT molecular complexity index is 121. The van der Waals surface area contributed by atoms with Crippen molar-refractivity contribution in [2.24, 2.45) is 0 Å². The Morgan fingerprint density at radius 3 is 1.64 bits per heavy atom. The lowest BCUT2D eigenvalue weighted by Crippen LogP contribution is -2.36. The van der Waals surface area contributed by atoms with E-state index >= 15 is 0 Å². The highest BCUT2D eigenvalue weighted by molar-refractivity contribution is 7.23. The van der Waals surface area contributed by atoms with Gasteiger partial charge >= 0.3 is 0 Å². The number of hydrogen-bond acceptors (Lipinski definition) is 2. The molecule has 84 valence electrons.